The molecule has 1 N–H and O–H groups in total. The van der Waals surface area contributed by atoms with E-state index in [0.717, 1.165) is 22.5 Å². The Kier molecular flexibility index (Phi) is 4.46. The molecule has 2 aromatic rings. The highest BCUT2D eigenvalue weighted by atomic mass is 32.2. The molecule has 2 aliphatic heterocycles. The summed E-state index contributed by atoms with van der Waals surface area (Å²) in [7, 11) is 0. The van der Waals surface area contributed by atoms with E-state index in [1.54, 1.807) is 34.7 Å². The van der Waals surface area contributed by atoms with Crippen LogP contribution in [0.1, 0.15) is 22.5 Å². The fourth-order valence-electron chi connectivity index (χ4n) is 3.44. The van der Waals surface area contributed by atoms with Crippen molar-refractivity contribution < 1.29 is 9.72 Å². The highest BCUT2D eigenvalue weighted by Gasteiger charge is 2.31. The summed E-state index contributed by atoms with van der Waals surface area (Å²) in [6, 6.07) is 6.64. The van der Waals surface area contributed by atoms with Crippen molar-refractivity contribution in [2.75, 3.05) is 0 Å². The number of aliphatic imine (C=N–C) groups is 1. The minimum absolute atomic E-state index is 0.0161. The Morgan fingerprint density at radius 3 is 2.72 bits per heavy atom. The molecule has 0 saturated heterocycles. The lowest BCUT2D eigenvalue weighted by atomic mass is 10.1. The fourth-order valence-corrected chi connectivity index (χ4v) is 4.15. The summed E-state index contributed by atoms with van der Waals surface area (Å²) in [5.41, 5.74) is 4.28. The molecule has 0 unspecified atom stereocenters. The first kappa shape index (κ1) is 18.9. The Labute approximate surface area is 170 Å². The molecule has 8 nitrogen and oxygen atoms in total. The highest BCUT2D eigenvalue weighted by Crippen LogP contribution is 2.30. The zero-order valence-electron chi connectivity index (χ0n) is 16.0. The Morgan fingerprint density at radius 1 is 1.24 bits per heavy atom. The first-order chi connectivity index (χ1) is 13.8. The van der Waals surface area contributed by atoms with Crippen LogP contribution >= 0.6 is 11.8 Å². The van der Waals surface area contributed by atoms with Gasteiger partial charge in [0.25, 0.3) is 11.6 Å². The SMILES string of the molecule is Cc1ccc([N+](=O)[O-])cc1-n1c(C)cc(/C=C2/C(=N)N3C=CSC3=NC2=O)c1C. The minimum Gasteiger partial charge on any atom is -0.317 e. The van der Waals surface area contributed by atoms with E-state index < -0.39 is 10.8 Å². The van der Waals surface area contributed by atoms with E-state index >= 15 is 0 Å². The molecule has 0 saturated carbocycles. The highest BCUT2D eigenvalue weighted by molar-refractivity contribution is 8.16. The second-order valence-electron chi connectivity index (χ2n) is 6.77. The average Bonchev–Trinajstić information content (AvgIpc) is 3.23. The first-order valence-electron chi connectivity index (χ1n) is 8.78. The van der Waals surface area contributed by atoms with E-state index in [1.807, 2.05) is 31.4 Å². The lowest BCUT2D eigenvalue weighted by Gasteiger charge is -2.22. The number of rotatable bonds is 3. The van der Waals surface area contributed by atoms with Gasteiger partial charge in [-0.2, -0.15) is 4.99 Å². The number of aromatic nitrogens is 1. The molecule has 3 heterocycles. The molecule has 29 heavy (non-hydrogen) atoms. The number of thioether (sulfide) groups is 1. The number of hydrogen-bond donors (Lipinski definition) is 1. The van der Waals surface area contributed by atoms with Gasteiger partial charge in [0, 0.05) is 29.7 Å². The molecular weight excluding hydrogens is 390 g/mol. The van der Waals surface area contributed by atoms with Crippen molar-refractivity contribution in [3.05, 3.63) is 74.1 Å². The van der Waals surface area contributed by atoms with Gasteiger partial charge >= 0.3 is 0 Å². The first-order valence-corrected chi connectivity index (χ1v) is 9.66. The molecule has 0 atom stereocenters. The topological polar surface area (TPSA) is 105 Å². The van der Waals surface area contributed by atoms with Gasteiger partial charge in [0.2, 0.25) is 0 Å². The third-order valence-electron chi connectivity index (χ3n) is 4.93. The maximum Gasteiger partial charge on any atom is 0.283 e. The minimum atomic E-state index is -0.450. The summed E-state index contributed by atoms with van der Waals surface area (Å²) in [5.74, 6) is -0.369. The van der Waals surface area contributed by atoms with Crippen LogP contribution in [0.25, 0.3) is 11.8 Å². The van der Waals surface area contributed by atoms with Crippen molar-refractivity contribution in [2.45, 2.75) is 20.8 Å². The number of non-ortho nitro benzene ring substituents is 1. The van der Waals surface area contributed by atoms with Crippen LogP contribution in [0, 0.1) is 36.3 Å². The van der Waals surface area contributed by atoms with Crippen LogP contribution in [0.15, 0.2) is 46.4 Å². The molecule has 0 bridgehead atoms. The normalized spacial score (nSPS) is 17.1. The van der Waals surface area contributed by atoms with Crippen molar-refractivity contribution in [3.63, 3.8) is 0 Å². The largest absolute Gasteiger partial charge is 0.317 e. The van der Waals surface area contributed by atoms with E-state index in [-0.39, 0.29) is 17.1 Å². The van der Waals surface area contributed by atoms with Crippen LogP contribution in [0.5, 0.6) is 0 Å². The van der Waals surface area contributed by atoms with Crippen LogP contribution in [0.4, 0.5) is 5.69 Å². The summed E-state index contributed by atoms with van der Waals surface area (Å²) in [4.78, 5) is 28.9. The molecule has 0 radical (unpaired) electrons. The van der Waals surface area contributed by atoms with Gasteiger partial charge in [0.15, 0.2) is 5.17 Å². The number of carbonyl (C=O) groups excluding carboxylic acids is 1. The summed E-state index contributed by atoms with van der Waals surface area (Å²) < 4.78 is 1.92. The Bertz CT molecular complexity index is 1190. The van der Waals surface area contributed by atoms with Gasteiger partial charge < -0.3 is 4.57 Å². The summed E-state index contributed by atoms with van der Waals surface area (Å²) >= 11 is 1.30. The Morgan fingerprint density at radius 2 is 2.00 bits per heavy atom. The third kappa shape index (κ3) is 3.09. The molecule has 146 valence electrons. The number of nitro groups is 1. The molecule has 9 heteroatoms. The van der Waals surface area contributed by atoms with E-state index in [0.29, 0.717) is 10.9 Å². The standard InChI is InChI=1S/C20H17N5O3S/c1-11-4-5-15(25(27)28)10-17(11)24-12(2)8-14(13(24)3)9-16-18(21)23-6-7-29-20(23)22-19(16)26/h4-10,21H,1-3H3/b16-9-,21-18?. The van der Waals surface area contributed by atoms with Gasteiger partial charge in [-0.15, -0.1) is 0 Å². The molecule has 0 fully saturated rings. The zero-order valence-corrected chi connectivity index (χ0v) is 16.8. The van der Waals surface area contributed by atoms with Crippen molar-refractivity contribution in [2.24, 2.45) is 4.99 Å². The summed E-state index contributed by atoms with van der Waals surface area (Å²) in [5, 5.41) is 21.8. The quantitative estimate of drug-likeness (QED) is 0.469. The van der Waals surface area contributed by atoms with Crippen LogP contribution < -0.4 is 0 Å². The van der Waals surface area contributed by atoms with Gasteiger partial charge in [-0.1, -0.05) is 17.8 Å². The maximum atomic E-state index is 12.5. The number of nitrogens with zero attached hydrogens (tertiary/aromatic N) is 4. The van der Waals surface area contributed by atoms with Crippen molar-refractivity contribution in [3.8, 4) is 5.69 Å². The summed E-state index contributed by atoms with van der Waals surface area (Å²) in [6.07, 6.45) is 3.37. The lowest BCUT2D eigenvalue weighted by molar-refractivity contribution is -0.384. The number of hydrogen-bond acceptors (Lipinski definition) is 5. The number of fused-ring (bicyclic) bond motifs is 1. The predicted octanol–water partition coefficient (Wildman–Crippen LogP) is 4.09. The van der Waals surface area contributed by atoms with Gasteiger partial charge in [-0.05, 0) is 49.4 Å². The van der Waals surface area contributed by atoms with Crippen molar-refractivity contribution in [1.82, 2.24) is 9.47 Å². The number of amidine groups is 2. The number of nitro benzene ring substituents is 1. The van der Waals surface area contributed by atoms with Crippen molar-refractivity contribution >= 4 is 40.4 Å². The van der Waals surface area contributed by atoms with E-state index in [2.05, 4.69) is 4.99 Å². The maximum absolute atomic E-state index is 12.5. The number of benzene rings is 1. The second-order valence-corrected chi connectivity index (χ2v) is 7.64. The second kappa shape index (κ2) is 6.85. The van der Waals surface area contributed by atoms with Gasteiger partial charge in [-0.25, -0.2) is 0 Å². The zero-order chi connectivity index (χ0) is 20.9. The van der Waals surface area contributed by atoms with Crippen molar-refractivity contribution in [1.29, 1.82) is 5.41 Å². The van der Waals surface area contributed by atoms with E-state index in [9.17, 15) is 14.9 Å². The third-order valence-corrected chi connectivity index (χ3v) is 5.68. The Hall–Kier alpha value is -3.46. The molecule has 4 rings (SSSR count). The molecule has 1 amide bonds. The summed E-state index contributed by atoms with van der Waals surface area (Å²) in [6.45, 7) is 5.68. The molecule has 2 aliphatic rings. The molecule has 1 aromatic heterocycles. The number of carbonyl (C=O) groups is 1. The molecule has 0 aliphatic carbocycles. The van der Waals surface area contributed by atoms with Crippen LogP contribution in [0.3, 0.4) is 0 Å². The van der Waals surface area contributed by atoms with Crippen LogP contribution in [0.2, 0.25) is 0 Å². The number of aryl methyl sites for hydroxylation is 2. The molecule has 0 spiro atoms. The van der Waals surface area contributed by atoms with Gasteiger partial charge in [-0.3, -0.25) is 25.2 Å². The lowest BCUT2D eigenvalue weighted by Crippen LogP contribution is -2.35. The molecular formula is C20H17N5O3S. The van der Waals surface area contributed by atoms with Crippen LogP contribution in [-0.4, -0.2) is 31.3 Å². The predicted molar refractivity (Wildman–Crippen MR) is 113 cm³/mol. The van der Waals surface area contributed by atoms with E-state index in [1.165, 1.54) is 17.8 Å². The van der Waals surface area contributed by atoms with Gasteiger partial charge in [0.05, 0.1) is 16.2 Å². The number of amides is 1. The fraction of sp³-hybridized carbons (Fsp3) is 0.150. The smallest absolute Gasteiger partial charge is 0.283 e. The average molecular weight is 407 g/mol. The number of nitrogens with one attached hydrogen (secondary N) is 1. The molecule has 1 aromatic carbocycles. The Balaban J connectivity index is 1.82. The van der Waals surface area contributed by atoms with Crippen LogP contribution in [-0.2, 0) is 4.79 Å². The van der Waals surface area contributed by atoms with E-state index in [4.69, 9.17) is 5.41 Å². The van der Waals surface area contributed by atoms with Gasteiger partial charge in [0.1, 0.15) is 5.84 Å². The monoisotopic (exact) mass is 407 g/mol.